The summed E-state index contributed by atoms with van der Waals surface area (Å²) < 4.78 is 2.28. The average Bonchev–Trinajstić information content (AvgIpc) is 3.28. The smallest absolute Gasteiger partial charge is 0.137 e. The molecule has 0 radical (unpaired) electrons. The normalized spacial score (nSPS) is 14.8. The molecule has 0 bridgehead atoms. The van der Waals surface area contributed by atoms with E-state index in [9.17, 15) is 5.26 Å². The molecule has 2 aromatic carbocycles. The maximum Gasteiger partial charge on any atom is 0.137 e. The molecule has 0 spiro atoms. The topological polar surface area (TPSA) is 47.6 Å². The molecule has 0 saturated carbocycles. The predicted molar refractivity (Wildman–Crippen MR) is 147 cm³/mol. The van der Waals surface area contributed by atoms with Gasteiger partial charge in [-0.2, -0.15) is 5.26 Å². The Bertz CT molecular complexity index is 1390. The molecule has 2 aromatic heterocycles. The third kappa shape index (κ3) is 5.06. The van der Waals surface area contributed by atoms with Crippen LogP contribution in [0.4, 0.5) is 0 Å². The maximum absolute atomic E-state index is 9.25. The van der Waals surface area contributed by atoms with Gasteiger partial charge in [-0.25, -0.2) is 4.98 Å². The molecule has 1 saturated heterocycles. The summed E-state index contributed by atoms with van der Waals surface area (Å²) in [6.07, 6.45) is 4.40. The highest BCUT2D eigenvalue weighted by Gasteiger charge is 2.19. The van der Waals surface area contributed by atoms with Crippen LogP contribution in [0.2, 0.25) is 0 Å². The molecule has 184 valence electrons. The number of imidazole rings is 1. The van der Waals surface area contributed by atoms with Crippen LogP contribution in [0.1, 0.15) is 35.7 Å². The largest absolute Gasteiger partial charge is 0.303 e. The van der Waals surface area contributed by atoms with E-state index in [1.165, 1.54) is 40.9 Å². The van der Waals surface area contributed by atoms with Crippen molar-refractivity contribution in [3.05, 3.63) is 83.2 Å². The zero-order chi connectivity index (χ0) is 25.1. The van der Waals surface area contributed by atoms with Gasteiger partial charge < -0.3 is 14.2 Å². The molecule has 1 fully saturated rings. The molecular weight excluding hydrogens is 442 g/mol. The van der Waals surface area contributed by atoms with Crippen molar-refractivity contribution in [2.45, 2.75) is 33.6 Å². The lowest BCUT2D eigenvalue weighted by atomic mass is 10.0. The van der Waals surface area contributed by atoms with Crippen molar-refractivity contribution in [3.63, 3.8) is 0 Å². The van der Waals surface area contributed by atoms with Crippen molar-refractivity contribution in [1.29, 1.82) is 5.26 Å². The van der Waals surface area contributed by atoms with Gasteiger partial charge in [0.05, 0.1) is 23.0 Å². The summed E-state index contributed by atoms with van der Waals surface area (Å²) in [6, 6.07) is 21.0. The van der Waals surface area contributed by atoms with Crippen LogP contribution in [-0.2, 0) is 6.42 Å². The van der Waals surface area contributed by atoms with Gasteiger partial charge in [-0.15, -0.1) is 0 Å². The predicted octanol–water partition coefficient (Wildman–Crippen LogP) is 5.73. The number of fused-ring (bicyclic) bond motifs is 1. The van der Waals surface area contributed by atoms with Crippen molar-refractivity contribution < 1.29 is 0 Å². The van der Waals surface area contributed by atoms with Crippen molar-refractivity contribution in [3.8, 4) is 28.5 Å². The number of nitrogens with zero attached hydrogens (tertiary/aromatic N) is 5. The van der Waals surface area contributed by atoms with Crippen LogP contribution in [0.5, 0.6) is 0 Å². The van der Waals surface area contributed by atoms with Crippen LogP contribution in [0, 0.1) is 25.2 Å². The zero-order valence-electron chi connectivity index (χ0n) is 21.7. The third-order valence-corrected chi connectivity index (χ3v) is 7.51. The van der Waals surface area contributed by atoms with Crippen molar-refractivity contribution in [2.24, 2.45) is 0 Å². The monoisotopic (exact) mass is 477 g/mol. The van der Waals surface area contributed by atoms with Crippen molar-refractivity contribution in [1.82, 2.24) is 19.2 Å². The highest BCUT2D eigenvalue weighted by molar-refractivity contribution is 5.71. The molecule has 4 aromatic rings. The van der Waals surface area contributed by atoms with Crippen LogP contribution in [0.25, 0.3) is 28.0 Å². The first-order valence-corrected chi connectivity index (χ1v) is 13.1. The lowest BCUT2D eigenvalue weighted by molar-refractivity contribution is 0.133. The Morgan fingerprint density at radius 1 is 0.806 bits per heavy atom. The number of nitriles is 1. The quantitative estimate of drug-likeness (QED) is 0.341. The van der Waals surface area contributed by atoms with Crippen LogP contribution in [0.3, 0.4) is 0 Å². The highest BCUT2D eigenvalue weighted by Crippen LogP contribution is 2.29. The number of piperazine rings is 1. The van der Waals surface area contributed by atoms with E-state index in [1.54, 1.807) is 0 Å². The Hall–Kier alpha value is -3.46. The first-order chi connectivity index (χ1) is 17.6. The second kappa shape index (κ2) is 10.7. The number of aromatic nitrogens is 2. The van der Waals surface area contributed by atoms with Crippen LogP contribution >= 0.6 is 0 Å². The average molecular weight is 478 g/mol. The summed E-state index contributed by atoms with van der Waals surface area (Å²) >= 11 is 0. The van der Waals surface area contributed by atoms with Crippen molar-refractivity contribution >= 4 is 5.65 Å². The molecule has 0 atom stereocenters. The van der Waals surface area contributed by atoms with E-state index in [4.69, 9.17) is 4.98 Å². The van der Waals surface area contributed by atoms with Crippen LogP contribution < -0.4 is 0 Å². The van der Waals surface area contributed by atoms with Crippen LogP contribution in [-0.4, -0.2) is 58.5 Å². The minimum absolute atomic E-state index is 0.672. The summed E-state index contributed by atoms with van der Waals surface area (Å²) in [4.78, 5) is 10.2. The van der Waals surface area contributed by atoms with E-state index < -0.39 is 0 Å². The molecule has 3 heterocycles. The molecule has 5 nitrogen and oxygen atoms in total. The molecule has 5 heteroatoms. The number of benzene rings is 2. The lowest BCUT2D eigenvalue weighted by Gasteiger charge is -2.34. The van der Waals surface area contributed by atoms with Gasteiger partial charge in [0.1, 0.15) is 5.65 Å². The second-order valence-corrected chi connectivity index (χ2v) is 9.97. The Morgan fingerprint density at radius 2 is 1.47 bits per heavy atom. The minimum atomic E-state index is 0.672. The number of pyridine rings is 1. The molecule has 1 aliphatic rings. The number of rotatable bonds is 7. The molecule has 0 N–H and O–H groups in total. The number of hydrogen-bond donors (Lipinski definition) is 0. The van der Waals surface area contributed by atoms with Crippen molar-refractivity contribution in [2.75, 3.05) is 39.3 Å². The summed E-state index contributed by atoms with van der Waals surface area (Å²) in [5.41, 5.74) is 9.99. The van der Waals surface area contributed by atoms with Gasteiger partial charge in [-0.1, -0.05) is 37.3 Å². The fraction of sp³-hybridized carbons (Fsp3) is 0.355. The third-order valence-electron chi connectivity index (χ3n) is 7.51. The molecule has 1 aliphatic heterocycles. The SMILES string of the molecule is CCCN1CCN(CCc2c(-c3ccc(C#N)cc3)nc3ccc(-c4ccc(C)c(C)c4)cn23)CC1. The Kier molecular flexibility index (Phi) is 7.18. The zero-order valence-corrected chi connectivity index (χ0v) is 21.7. The summed E-state index contributed by atoms with van der Waals surface area (Å²) in [7, 11) is 0. The summed E-state index contributed by atoms with van der Waals surface area (Å²) in [5.74, 6) is 0. The van der Waals surface area contributed by atoms with Gasteiger partial charge in [0, 0.05) is 50.9 Å². The fourth-order valence-corrected chi connectivity index (χ4v) is 5.17. The maximum atomic E-state index is 9.25. The van der Waals surface area contributed by atoms with Gasteiger partial charge in [-0.3, -0.25) is 0 Å². The highest BCUT2D eigenvalue weighted by atomic mass is 15.3. The van der Waals surface area contributed by atoms with E-state index in [0.29, 0.717) is 5.56 Å². The molecule has 0 unspecified atom stereocenters. The standard InChI is InChI=1S/C31H35N5/c1-4-14-34-16-18-35(19-17-34)15-13-29-31(26-9-6-25(21-32)7-10-26)33-30-12-11-28(22-36(29)30)27-8-5-23(2)24(3)20-27/h5-12,20,22H,4,13-19H2,1-3H3. The molecular formula is C31H35N5. The van der Waals surface area contributed by atoms with Gasteiger partial charge in [-0.05, 0) is 73.3 Å². The minimum Gasteiger partial charge on any atom is -0.303 e. The van der Waals surface area contributed by atoms with E-state index >= 15 is 0 Å². The first-order valence-electron chi connectivity index (χ1n) is 13.1. The molecule has 5 rings (SSSR count). The Balaban J connectivity index is 1.49. The second-order valence-electron chi connectivity index (χ2n) is 9.97. The molecule has 36 heavy (non-hydrogen) atoms. The first kappa shape index (κ1) is 24.2. The van der Waals surface area contributed by atoms with E-state index in [0.717, 1.165) is 56.0 Å². The van der Waals surface area contributed by atoms with E-state index in [-0.39, 0.29) is 0 Å². The number of aryl methyl sites for hydroxylation is 2. The summed E-state index contributed by atoms with van der Waals surface area (Å²) in [6.45, 7) is 13.4. The summed E-state index contributed by atoms with van der Waals surface area (Å²) in [5, 5.41) is 9.25. The van der Waals surface area contributed by atoms with Gasteiger partial charge >= 0.3 is 0 Å². The number of hydrogen-bond acceptors (Lipinski definition) is 4. The molecule has 0 aliphatic carbocycles. The van der Waals surface area contributed by atoms with E-state index in [2.05, 4.69) is 77.6 Å². The van der Waals surface area contributed by atoms with Gasteiger partial charge in [0.25, 0.3) is 0 Å². The Morgan fingerprint density at radius 3 is 2.14 bits per heavy atom. The van der Waals surface area contributed by atoms with Crippen LogP contribution in [0.15, 0.2) is 60.8 Å². The Labute approximate surface area is 214 Å². The van der Waals surface area contributed by atoms with E-state index in [1.807, 2.05) is 24.3 Å². The lowest BCUT2D eigenvalue weighted by Crippen LogP contribution is -2.47. The fourth-order valence-electron chi connectivity index (χ4n) is 5.17. The molecule has 0 amide bonds. The van der Waals surface area contributed by atoms with Gasteiger partial charge in [0.15, 0.2) is 0 Å². The van der Waals surface area contributed by atoms with Gasteiger partial charge in [0.2, 0.25) is 0 Å².